The van der Waals surface area contributed by atoms with Gasteiger partial charge in [-0.15, -0.1) is 0 Å². The van der Waals surface area contributed by atoms with Crippen LogP contribution in [-0.4, -0.2) is 36.5 Å². The summed E-state index contributed by atoms with van der Waals surface area (Å²) >= 11 is 0. The number of methoxy groups -OCH3 is 3. The van der Waals surface area contributed by atoms with Gasteiger partial charge in [0.25, 0.3) is 0 Å². The summed E-state index contributed by atoms with van der Waals surface area (Å²) in [4.78, 5) is 4.33. The summed E-state index contributed by atoms with van der Waals surface area (Å²) in [6.07, 6.45) is 1.66. The van der Waals surface area contributed by atoms with Crippen LogP contribution in [0, 0.1) is 5.82 Å². The lowest BCUT2D eigenvalue weighted by atomic mass is 9.99. The van der Waals surface area contributed by atoms with Crippen molar-refractivity contribution in [1.82, 2.24) is 15.2 Å². The molecular formula is C21H18FN3O3. The van der Waals surface area contributed by atoms with Gasteiger partial charge in [0.1, 0.15) is 5.82 Å². The minimum Gasteiger partial charge on any atom is -0.493 e. The maximum atomic E-state index is 13.8. The molecule has 0 saturated heterocycles. The molecule has 0 bridgehead atoms. The highest BCUT2D eigenvalue weighted by Gasteiger charge is 2.19. The Bertz CT molecular complexity index is 1130. The summed E-state index contributed by atoms with van der Waals surface area (Å²) in [6.45, 7) is 0. The molecule has 0 unspecified atom stereocenters. The molecule has 1 N–H and O–H groups in total. The van der Waals surface area contributed by atoms with Gasteiger partial charge < -0.3 is 14.2 Å². The Kier molecular flexibility index (Phi) is 4.57. The summed E-state index contributed by atoms with van der Waals surface area (Å²) in [5.74, 6) is 1.24. The van der Waals surface area contributed by atoms with Crippen molar-refractivity contribution >= 4 is 11.0 Å². The van der Waals surface area contributed by atoms with Crippen LogP contribution < -0.4 is 14.2 Å². The maximum absolute atomic E-state index is 13.8. The first-order valence-corrected chi connectivity index (χ1v) is 8.55. The molecule has 0 aliphatic rings. The topological polar surface area (TPSA) is 69.3 Å². The molecule has 4 rings (SSSR count). The van der Waals surface area contributed by atoms with Crippen molar-refractivity contribution in [2.24, 2.45) is 0 Å². The zero-order chi connectivity index (χ0) is 19.7. The zero-order valence-corrected chi connectivity index (χ0v) is 15.6. The van der Waals surface area contributed by atoms with Crippen molar-refractivity contribution in [2.45, 2.75) is 0 Å². The summed E-state index contributed by atoms with van der Waals surface area (Å²) < 4.78 is 30.1. The van der Waals surface area contributed by atoms with E-state index in [1.165, 1.54) is 12.1 Å². The van der Waals surface area contributed by atoms with Crippen molar-refractivity contribution in [1.29, 1.82) is 0 Å². The van der Waals surface area contributed by atoms with Gasteiger partial charge in [-0.1, -0.05) is 12.1 Å². The highest BCUT2D eigenvalue weighted by Crippen LogP contribution is 2.43. The van der Waals surface area contributed by atoms with Crippen molar-refractivity contribution in [2.75, 3.05) is 21.3 Å². The molecule has 0 aliphatic heterocycles. The SMILES string of the molecule is COc1cc(-c2[nH]nc3nccc(-c4cccc(F)c4)c23)cc(OC)c1OC. The Morgan fingerprint density at radius 3 is 2.29 bits per heavy atom. The highest BCUT2D eigenvalue weighted by molar-refractivity contribution is 6.02. The fraction of sp³-hybridized carbons (Fsp3) is 0.143. The maximum Gasteiger partial charge on any atom is 0.203 e. The van der Waals surface area contributed by atoms with Gasteiger partial charge in [0.2, 0.25) is 5.75 Å². The van der Waals surface area contributed by atoms with Crippen molar-refractivity contribution in [3.05, 3.63) is 54.5 Å². The predicted octanol–water partition coefficient (Wildman–Crippen LogP) is 4.46. The van der Waals surface area contributed by atoms with E-state index in [1.807, 2.05) is 24.3 Å². The lowest BCUT2D eigenvalue weighted by molar-refractivity contribution is 0.324. The average Bonchev–Trinajstić information content (AvgIpc) is 3.17. The number of ether oxygens (including phenoxy) is 3. The normalized spacial score (nSPS) is 10.9. The number of fused-ring (bicyclic) bond motifs is 1. The number of H-pyrrole nitrogens is 1. The number of halogens is 1. The molecule has 0 spiro atoms. The Labute approximate surface area is 160 Å². The number of nitrogens with zero attached hydrogens (tertiary/aromatic N) is 2. The molecule has 142 valence electrons. The van der Waals surface area contributed by atoms with E-state index >= 15 is 0 Å². The van der Waals surface area contributed by atoms with Crippen LogP contribution >= 0.6 is 0 Å². The summed E-state index contributed by atoms with van der Waals surface area (Å²) in [5, 5.41) is 8.13. The molecule has 0 aliphatic carbocycles. The number of hydrogen-bond donors (Lipinski definition) is 1. The second-order valence-electron chi connectivity index (χ2n) is 6.08. The lowest BCUT2D eigenvalue weighted by Crippen LogP contribution is -1.96. The number of nitrogens with one attached hydrogen (secondary N) is 1. The van der Waals surface area contributed by atoms with Gasteiger partial charge in [0, 0.05) is 11.8 Å². The molecule has 2 heterocycles. The van der Waals surface area contributed by atoms with Crippen molar-refractivity contribution in [3.8, 4) is 39.6 Å². The number of aromatic nitrogens is 3. The molecule has 28 heavy (non-hydrogen) atoms. The van der Waals surface area contributed by atoms with Crippen LogP contribution in [0.5, 0.6) is 17.2 Å². The first-order valence-electron chi connectivity index (χ1n) is 8.55. The number of pyridine rings is 1. The summed E-state index contributed by atoms with van der Waals surface area (Å²) in [6, 6.07) is 11.9. The van der Waals surface area contributed by atoms with Gasteiger partial charge >= 0.3 is 0 Å². The minimum atomic E-state index is -0.305. The highest BCUT2D eigenvalue weighted by atomic mass is 19.1. The van der Waals surface area contributed by atoms with E-state index in [9.17, 15) is 4.39 Å². The largest absolute Gasteiger partial charge is 0.493 e. The lowest BCUT2D eigenvalue weighted by Gasteiger charge is -2.14. The second-order valence-corrected chi connectivity index (χ2v) is 6.08. The van der Waals surface area contributed by atoms with E-state index in [1.54, 1.807) is 33.6 Å². The van der Waals surface area contributed by atoms with Crippen molar-refractivity contribution < 1.29 is 18.6 Å². The molecule has 0 radical (unpaired) electrons. The summed E-state index contributed by atoms with van der Waals surface area (Å²) in [7, 11) is 4.68. The van der Waals surface area contributed by atoms with Crippen LogP contribution in [0.15, 0.2) is 48.7 Å². The first kappa shape index (κ1) is 17.8. The molecule has 6 nitrogen and oxygen atoms in total. The van der Waals surface area contributed by atoms with Gasteiger partial charge in [0.15, 0.2) is 17.1 Å². The van der Waals surface area contributed by atoms with E-state index in [4.69, 9.17) is 14.2 Å². The third-order valence-corrected chi connectivity index (χ3v) is 4.54. The molecule has 7 heteroatoms. The zero-order valence-electron chi connectivity index (χ0n) is 15.6. The molecule has 0 amide bonds. The molecule has 0 saturated carbocycles. The van der Waals surface area contributed by atoms with E-state index in [2.05, 4.69) is 15.2 Å². The Morgan fingerprint density at radius 2 is 1.64 bits per heavy atom. The van der Waals surface area contributed by atoms with Crippen molar-refractivity contribution in [3.63, 3.8) is 0 Å². The molecule has 4 aromatic rings. The van der Waals surface area contributed by atoms with E-state index < -0.39 is 0 Å². The van der Waals surface area contributed by atoms with Crippen LogP contribution in [0.1, 0.15) is 0 Å². The van der Waals surface area contributed by atoms with Gasteiger partial charge in [-0.25, -0.2) is 9.37 Å². The molecular weight excluding hydrogens is 361 g/mol. The van der Waals surface area contributed by atoms with E-state index in [-0.39, 0.29) is 5.82 Å². The van der Waals surface area contributed by atoms with E-state index in [0.29, 0.717) is 22.9 Å². The van der Waals surface area contributed by atoms with E-state index in [0.717, 1.165) is 27.8 Å². The van der Waals surface area contributed by atoms with Gasteiger partial charge in [-0.3, -0.25) is 5.10 Å². The average molecular weight is 379 g/mol. The quantitative estimate of drug-likeness (QED) is 0.555. The number of rotatable bonds is 5. The molecule has 0 fully saturated rings. The molecule has 2 aromatic heterocycles. The van der Waals surface area contributed by atoms with Gasteiger partial charge in [0.05, 0.1) is 32.4 Å². The first-order chi connectivity index (χ1) is 13.7. The number of benzene rings is 2. The number of hydrogen-bond acceptors (Lipinski definition) is 5. The second kappa shape index (κ2) is 7.19. The van der Waals surface area contributed by atoms with Crippen LogP contribution in [-0.2, 0) is 0 Å². The standard InChI is InChI=1S/C21H18FN3O3/c1-26-16-10-13(11-17(27-2)20(16)28-3)19-18-15(7-8-23-21(18)25-24-19)12-5-4-6-14(22)9-12/h4-11H,1-3H3,(H,23,24,25). The van der Waals surface area contributed by atoms with Gasteiger partial charge in [-0.2, -0.15) is 5.10 Å². The Balaban J connectivity index is 1.98. The smallest absolute Gasteiger partial charge is 0.203 e. The Morgan fingerprint density at radius 1 is 0.893 bits per heavy atom. The van der Waals surface area contributed by atoms with Crippen LogP contribution in [0.25, 0.3) is 33.4 Å². The Hall–Kier alpha value is -3.61. The third kappa shape index (κ3) is 2.90. The monoisotopic (exact) mass is 379 g/mol. The fourth-order valence-electron chi connectivity index (χ4n) is 3.28. The minimum absolute atomic E-state index is 0.305. The van der Waals surface area contributed by atoms with Crippen LogP contribution in [0.4, 0.5) is 4.39 Å². The predicted molar refractivity (Wildman–Crippen MR) is 104 cm³/mol. The van der Waals surface area contributed by atoms with Gasteiger partial charge in [-0.05, 0) is 41.5 Å². The molecule has 0 atom stereocenters. The van der Waals surface area contributed by atoms with Crippen LogP contribution in [0.2, 0.25) is 0 Å². The third-order valence-electron chi connectivity index (χ3n) is 4.54. The van der Waals surface area contributed by atoms with Crippen LogP contribution in [0.3, 0.4) is 0 Å². The molecule has 2 aromatic carbocycles. The number of aromatic amines is 1. The fourth-order valence-corrected chi connectivity index (χ4v) is 3.28. The summed E-state index contributed by atoms with van der Waals surface area (Å²) in [5.41, 5.74) is 3.60.